The van der Waals surface area contributed by atoms with Gasteiger partial charge in [0.15, 0.2) is 11.6 Å². The fourth-order valence-corrected chi connectivity index (χ4v) is 4.02. The lowest BCUT2D eigenvalue weighted by molar-refractivity contribution is -0.209. The predicted octanol–water partition coefficient (Wildman–Crippen LogP) is 5.97. The number of imidazole rings is 1. The van der Waals surface area contributed by atoms with E-state index < -0.39 is 18.2 Å². The van der Waals surface area contributed by atoms with Gasteiger partial charge in [0.25, 0.3) is 0 Å². The highest BCUT2D eigenvalue weighted by molar-refractivity contribution is 7.22. The molecular formula is C21H18F4N4O2S. The first-order valence-corrected chi connectivity index (χ1v) is 10.4. The molecule has 3 aromatic heterocycles. The first kappa shape index (κ1) is 22.0. The second-order valence-corrected chi connectivity index (χ2v) is 7.88. The minimum Gasteiger partial charge on any atom is -0.453 e. The Labute approximate surface area is 184 Å². The van der Waals surface area contributed by atoms with Crippen molar-refractivity contribution in [1.82, 2.24) is 14.5 Å². The Morgan fingerprint density at radius 3 is 2.62 bits per heavy atom. The first-order valence-electron chi connectivity index (χ1n) is 9.53. The number of benzene rings is 1. The minimum absolute atomic E-state index is 0.0842. The van der Waals surface area contributed by atoms with E-state index in [-0.39, 0.29) is 18.0 Å². The average Bonchev–Trinajstić information content (AvgIpc) is 3.35. The highest BCUT2D eigenvalue weighted by atomic mass is 32.1. The molecule has 0 amide bonds. The average molecular weight is 466 g/mol. The van der Waals surface area contributed by atoms with Crippen LogP contribution in [-0.4, -0.2) is 33.5 Å². The van der Waals surface area contributed by atoms with Gasteiger partial charge in [0.1, 0.15) is 5.75 Å². The molecule has 0 saturated carbocycles. The van der Waals surface area contributed by atoms with Crippen molar-refractivity contribution in [3.05, 3.63) is 54.9 Å². The predicted molar refractivity (Wildman–Crippen MR) is 113 cm³/mol. The van der Waals surface area contributed by atoms with Crippen molar-refractivity contribution < 1.29 is 27.0 Å². The number of anilines is 1. The lowest BCUT2D eigenvalue weighted by Gasteiger charge is -2.22. The third-order valence-corrected chi connectivity index (χ3v) is 5.57. The molecular weight excluding hydrogens is 448 g/mol. The van der Waals surface area contributed by atoms with Crippen LogP contribution in [0.2, 0.25) is 0 Å². The lowest BCUT2D eigenvalue weighted by atomic mass is 10.2. The van der Waals surface area contributed by atoms with Crippen molar-refractivity contribution in [2.45, 2.75) is 19.3 Å². The second kappa shape index (κ2) is 8.75. The number of alkyl halides is 3. The third-order valence-electron chi connectivity index (χ3n) is 4.41. The van der Waals surface area contributed by atoms with E-state index in [1.165, 1.54) is 36.6 Å². The van der Waals surface area contributed by atoms with Crippen molar-refractivity contribution in [2.75, 3.05) is 11.9 Å². The number of fused-ring (bicyclic) bond motifs is 1. The summed E-state index contributed by atoms with van der Waals surface area (Å²) in [6.45, 7) is 1.29. The van der Waals surface area contributed by atoms with Crippen LogP contribution in [-0.2, 0) is 11.8 Å². The molecule has 0 aliphatic carbocycles. The maximum Gasteiger partial charge on any atom is 0.433 e. The number of rotatable bonds is 7. The summed E-state index contributed by atoms with van der Waals surface area (Å²) in [6, 6.07) is 6.95. The van der Waals surface area contributed by atoms with Crippen LogP contribution >= 0.6 is 11.3 Å². The van der Waals surface area contributed by atoms with Crippen LogP contribution in [0.5, 0.6) is 11.5 Å². The maximum atomic E-state index is 14.6. The number of nitrogens with zero attached hydrogens (tertiary/aromatic N) is 3. The molecule has 1 aromatic carbocycles. The number of pyridine rings is 1. The fraction of sp³-hybridized carbons (Fsp3) is 0.238. The zero-order valence-electron chi connectivity index (χ0n) is 17.0. The van der Waals surface area contributed by atoms with Crippen molar-refractivity contribution >= 4 is 27.2 Å². The Morgan fingerprint density at radius 1 is 1.16 bits per heavy atom. The van der Waals surface area contributed by atoms with Crippen molar-refractivity contribution in [1.29, 1.82) is 0 Å². The van der Waals surface area contributed by atoms with Crippen LogP contribution in [0.25, 0.3) is 20.8 Å². The first-order chi connectivity index (χ1) is 15.2. The maximum absolute atomic E-state index is 14.6. The summed E-state index contributed by atoms with van der Waals surface area (Å²) in [5, 5.41) is 2.15. The zero-order chi connectivity index (χ0) is 22.9. The SMILES string of the molecule is CCOC(Nc1ccc(Oc2ccnc3cc(-c4cn(C)cn4)sc23)c(F)c1)C(F)(F)F. The lowest BCUT2D eigenvalue weighted by Crippen LogP contribution is -2.38. The van der Waals surface area contributed by atoms with Crippen molar-refractivity contribution in [2.24, 2.45) is 7.05 Å². The van der Waals surface area contributed by atoms with Gasteiger partial charge in [-0.25, -0.2) is 9.37 Å². The molecule has 0 radical (unpaired) electrons. The number of halogens is 4. The molecule has 3 heterocycles. The normalized spacial score (nSPS) is 12.8. The standard InChI is InChI=1S/C21H18F4N4O2S/c1-3-30-20(21(23,24)25)28-12-4-5-16(13(22)8-12)31-17-6-7-26-14-9-18(32-19(14)17)15-10-29(2)11-27-15/h4-11,20,28H,3H2,1-2H3. The van der Waals surface area contributed by atoms with Gasteiger partial charge in [-0.05, 0) is 25.1 Å². The van der Waals surface area contributed by atoms with Gasteiger partial charge in [0.05, 0.1) is 27.1 Å². The summed E-state index contributed by atoms with van der Waals surface area (Å²) in [6.07, 6.45) is -1.79. The molecule has 0 fully saturated rings. The molecule has 1 N–H and O–H groups in total. The molecule has 1 unspecified atom stereocenters. The van der Waals surface area contributed by atoms with Gasteiger partial charge < -0.3 is 19.4 Å². The molecule has 1 atom stereocenters. The highest BCUT2D eigenvalue weighted by Gasteiger charge is 2.40. The van der Waals surface area contributed by atoms with E-state index in [1.54, 1.807) is 12.4 Å². The summed E-state index contributed by atoms with van der Waals surface area (Å²) in [5.74, 6) is -0.570. The Hall–Kier alpha value is -3.18. The summed E-state index contributed by atoms with van der Waals surface area (Å²) in [7, 11) is 1.86. The highest BCUT2D eigenvalue weighted by Crippen LogP contribution is 2.39. The summed E-state index contributed by atoms with van der Waals surface area (Å²) in [4.78, 5) is 9.51. The fourth-order valence-electron chi connectivity index (χ4n) is 2.99. The van der Waals surface area contributed by atoms with Gasteiger partial charge in [-0.2, -0.15) is 13.2 Å². The number of thiophene rings is 1. The van der Waals surface area contributed by atoms with Crippen LogP contribution in [0.1, 0.15) is 6.92 Å². The number of hydrogen-bond acceptors (Lipinski definition) is 6. The smallest absolute Gasteiger partial charge is 0.433 e. The van der Waals surface area contributed by atoms with E-state index in [2.05, 4.69) is 20.0 Å². The molecule has 0 aliphatic rings. The van der Waals surface area contributed by atoms with Gasteiger partial charge in [0, 0.05) is 43.9 Å². The van der Waals surface area contributed by atoms with Gasteiger partial charge in [-0.1, -0.05) is 0 Å². The minimum atomic E-state index is -4.64. The van der Waals surface area contributed by atoms with E-state index in [9.17, 15) is 17.6 Å². The Kier molecular flexibility index (Phi) is 6.02. The van der Waals surface area contributed by atoms with Gasteiger partial charge in [-0.3, -0.25) is 4.98 Å². The Balaban J connectivity index is 1.58. The Morgan fingerprint density at radius 2 is 1.97 bits per heavy atom. The number of nitrogens with one attached hydrogen (secondary N) is 1. The van der Waals surface area contributed by atoms with Crippen LogP contribution in [0.15, 0.2) is 49.1 Å². The van der Waals surface area contributed by atoms with E-state index >= 15 is 0 Å². The topological polar surface area (TPSA) is 61.2 Å². The van der Waals surface area contributed by atoms with Crippen LogP contribution in [0.3, 0.4) is 0 Å². The van der Waals surface area contributed by atoms with E-state index in [4.69, 9.17) is 4.74 Å². The number of aromatic nitrogens is 3. The molecule has 168 valence electrons. The van der Waals surface area contributed by atoms with Crippen molar-refractivity contribution in [3.8, 4) is 22.1 Å². The molecule has 4 rings (SSSR count). The molecule has 0 bridgehead atoms. The van der Waals surface area contributed by atoms with E-state index in [0.717, 1.165) is 16.6 Å². The molecule has 6 nitrogen and oxygen atoms in total. The number of aryl methyl sites for hydroxylation is 1. The summed E-state index contributed by atoms with van der Waals surface area (Å²) < 4.78 is 66.6. The monoisotopic (exact) mass is 466 g/mol. The number of hydrogen-bond donors (Lipinski definition) is 1. The van der Waals surface area contributed by atoms with Crippen molar-refractivity contribution in [3.63, 3.8) is 0 Å². The largest absolute Gasteiger partial charge is 0.453 e. The van der Waals surface area contributed by atoms with Crippen LogP contribution in [0, 0.1) is 5.82 Å². The zero-order valence-corrected chi connectivity index (χ0v) is 17.8. The second-order valence-electron chi connectivity index (χ2n) is 6.83. The molecule has 0 spiro atoms. The molecule has 4 aromatic rings. The van der Waals surface area contributed by atoms with E-state index in [0.29, 0.717) is 16.0 Å². The van der Waals surface area contributed by atoms with Gasteiger partial charge >= 0.3 is 6.18 Å². The molecule has 11 heteroatoms. The van der Waals surface area contributed by atoms with Crippen LogP contribution < -0.4 is 10.1 Å². The van der Waals surface area contributed by atoms with Gasteiger partial charge in [-0.15, -0.1) is 11.3 Å². The van der Waals surface area contributed by atoms with Gasteiger partial charge in [0.2, 0.25) is 6.23 Å². The summed E-state index contributed by atoms with van der Waals surface area (Å²) >= 11 is 1.40. The quantitative estimate of drug-likeness (QED) is 0.269. The number of ether oxygens (including phenoxy) is 2. The molecule has 0 aliphatic heterocycles. The molecule has 32 heavy (non-hydrogen) atoms. The summed E-state index contributed by atoms with van der Waals surface area (Å²) in [5.41, 5.74) is 1.35. The molecule has 0 saturated heterocycles. The Bertz CT molecular complexity index is 1240. The third kappa shape index (κ3) is 4.68. The van der Waals surface area contributed by atoms with Crippen LogP contribution in [0.4, 0.5) is 23.2 Å². The van der Waals surface area contributed by atoms with E-state index in [1.807, 2.05) is 23.9 Å².